The second-order valence-corrected chi connectivity index (χ2v) is 10.1. The van der Waals surface area contributed by atoms with Crippen molar-refractivity contribution in [3.05, 3.63) is 97.1 Å². The molecule has 5 heterocycles. The molecule has 0 spiro atoms. The summed E-state index contributed by atoms with van der Waals surface area (Å²) in [7, 11) is 0. The van der Waals surface area contributed by atoms with E-state index in [9.17, 15) is 6.18 Å². The number of fused-ring (bicyclic) bond motifs is 20. The van der Waals surface area contributed by atoms with Crippen molar-refractivity contribution in [2.45, 2.75) is 0 Å². The van der Waals surface area contributed by atoms with Crippen LogP contribution in [-0.2, 0) is 20.2 Å². The molecule has 2 N–H and O–H groups in total. The molecule has 0 unspecified atom stereocenters. The topological polar surface area (TPSA) is 109 Å². The molecule has 11 heteroatoms. The average Bonchev–Trinajstić information content (AvgIpc) is 3.77. The molecule has 0 atom stereocenters. The summed E-state index contributed by atoms with van der Waals surface area (Å²) in [5.74, 6) is 2.39. The van der Waals surface area contributed by atoms with Crippen LogP contribution in [-0.4, -0.2) is 39.9 Å². The summed E-state index contributed by atoms with van der Waals surface area (Å²) in [5.41, 5.74) is 6.45. The predicted octanol–water partition coefficient (Wildman–Crippen LogP) is 7.71. The predicted molar refractivity (Wildman–Crippen MR) is 158 cm³/mol. The van der Waals surface area contributed by atoms with Gasteiger partial charge in [-0.1, -0.05) is 97.1 Å². The molecule has 7 aromatic rings. The van der Waals surface area contributed by atoms with Crippen LogP contribution in [0.25, 0.3) is 89.7 Å². The van der Waals surface area contributed by atoms with Crippen molar-refractivity contribution < 1.29 is 26.4 Å². The van der Waals surface area contributed by atoms with E-state index in [1.165, 1.54) is 0 Å². The van der Waals surface area contributed by atoms with Gasteiger partial charge in [0.05, 0.1) is 0 Å². The van der Waals surface area contributed by atoms with E-state index < -0.39 is 20.2 Å². The first-order chi connectivity index (χ1) is 21.2. The van der Waals surface area contributed by atoms with Gasteiger partial charge in [-0.2, -0.15) is 0 Å². The van der Waals surface area contributed by atoms with E-state index in [2.05, 4.69) is 9.97 Å². The first-order valence-corrected chi connectivity index (χ1v) is 14.6. The Labute approximate surface area is 252 Å². The van der Waals surface area contributed by atoms with E-state index in [0.717, 1.165) is 43.8 Å². The van der Waals surface area contributed by atoms with Gasteiger partial charge in [0.2, 0.25) is 0 Å². The Morgan fingerprint density at radius 2 is 0.605 bits per heavy atom. The zero-order valence-electron chi connectivity index (χ0n) is 22.2. The molecule has 204 valence electrons. The smallest absolute Gasteiger partial charge is 0.164 e. The van der Waals surface area contributed by atoms with Gasteiger partial charge in [-0.05, 0) is 0 Å². The third-order valence-electron chi connectivity index (χ3n) is 7.46. The first kappa shape index (κ1) is 25.5. The Bertz CT molecular complexity index is 2060. The monoisotopic (exact) mass is 600 g/mol. The number of nitrogens with one attached hydrogen (secondary N) is 2. The summed E-state index contributed by atoms with van der Waals surface area (Å²) in [6.45, 7) is 0. The third-order valence-corrected chi connectivity index (χ3v) is 7.46. The number of aromatic amines is 2. The van der Waals surface area contributed by atoms with Crippen LogP contribution in [0, 0.1) is 0 Å². The number of halogens is 2. The van der Waals surface area contributed by atoms with Gasteiger partial charge in [0.25, 0.3) is 0 Å². The summed E-state index contributed by atoms with van der Waals surface area (Å²) in [6, 6.07) is 32.2. The average molecular weight is 600 g/mol. The van der Waals surface area contributed by atoms with Gasteiger partial charge < -0.3 is 9.97 Å². The Morgan fingerprint density at radius 1 is 0.372 bits per heavy atom. The number of benzene rings is 4. The largest absolute Gasteiger partial charge is 0.324 e. The maximum absolute atomic E-state index is 9.75. The molecular formula is C32H18F2N8Ti. The van der Waals surface area contributed by atoms with E-state index in [-0.39, 0.29) is 0 Å². The van der Waals surface area contributed by atoms with E-state index in [1.807, 2.05) is 97.1 Å². The van der Waals surface area contributed by atoms with Gasteiger partial charge in [0, 0.05) is 43.8 Å². The molecule has 0 radical (unpaired) electrons. The minimum Gasteiger partial charge on any atom is -0.324 e. The fraction of sp³-hybridized carbons (Fsp3) is 0. The van der Waals surface area contributed by atoms with Crippen molar-refractivity contribution in [1.29, 1.82) is 0 Å². The zero-order valence-corrected chi connectivity index (χ0v) is 23.7. The van der Waals surface area contributed by atoms with Crippen LogP contribution < -0.4 is 0 Å². The zero-order chi connectivity index (χ0) is 28.9. The molecule has 8 nitrogen and oxygen atoms in total. The molecule has 0 amide bonds. The van der Waals surface area contributed by atoms with E-state index in [1.54, 1.807) is 0 Å². The van der Waals surface area contributed by atoms with Gasteiger partial charge >= 0.3 is 26.4 Å². The minimum absolute atomic E-state index is 0.597. The summed E-state index contributed by atoms with van der Waals surface area (Å²) in [5, 5.41) is 3.82. The molecule has 2 aliphatic heterocycles. The number of nitrogens with zero attached hydrogens (tertiary/aromatic N) is 6. The second-order valence-electron chi connectivity index (χ2n) is 9.86. The molecule has 4 aromatic carbocycles. The number of rotatable bonds is 0. The summed E-state index contributed by atoms with van der Waals surface area (Å²) in [6.07, 6.45) is 0. The van der Waals surface area contributed by atoms with Gasteiger partial charge in [-0.25, -0.2) is 29.9 Å². The summed E-state index contributed by atoms with van der Waals surface area (Å²) in [4.78, 5) is 36.8. The maximum atomic E-state index is 9.75. The van der Waals surface area contributed by atoms with Gasteiger partial charge in [0.15, 0.2) is 23.3 Å². The molecule has 8 bridgehead atoms. The van der Waals surface area contributed by atoms with Crippen LogP contribution >= 0.6 is 0 Å². The number of hydrogen-bond donors (Lipinski definition) is 2. The van der Waals surface area contributed by atoms with E-state index in [0.29, 0.717) is 45.9 Å². The van der Waals surface area contributed by atoms with Crippen molar-refractivity contribution in [3.63, 3.8) is 0 Å². The van der Waals surface area contributed by atoms with E-state index >= 15 is 0 Å². The van der Waals surface area contributed by atoms with Crippen molar-refractivity contribution in [3.8, 4) is 45.6 Å². The minimum atomic E-state index is -2.50. The number of aromatic nitrogens is 8. The Balaban J connectivity index is 0.000000892. The molecule has 9 rings (SSSR count). The standard InChI is InChI=1S/C32H18N8.2FH.Ti/c1-2-10-18-17(9-1)25-33-26(18)38-28-21-13-5-6-14-22(21)30(35-28)40-32-24-16-8-7-15-23(24)31(36-32)39-29-20-12-4-3-11-19(20)27(34-29)37-25;;;/h1-16H,(H2,33,34,35,36,37,38,39,40);2*1H;/q;;;+2/p-2. The van der Waals surface area contributed by atoms with Crippen molar-refractivity contribution in [1.82, 2.24) is 39.9 Å². The Kier molecular flexibility index (Phi) is 6.09. The Hall–Kier alpha value is -5.19. The van der Waals surface area contributed by atoms with Gasteiger partial charge in [-0.15, -0.1) is 0 Å². The molecule has 43 heavy (non-hydrogen) atoms. The van der Waals surface area contributed by atoms with Crippen LogP contribution in [0.1, 0.15) is 0 Å². The normalized spacial score (nSPS) is 11.5. The SMILES string of the molecule is [F][Ti][F].c1ccc2c(c1)-c1nc-2nc2[nH]c(nc3nc(nc4[nH]c(n1)c1ccccc41)-c1ccccc1-3)c1ccccc21. The fourth-order valence-electron chi connectivity index (χ4n) is 5.59. The molecular weight excluding hydrogens is 582 g/mol. The van der Waals surface area contributed by atoms with Gasteiger partial charge in [-0.3, -0.25) is 0 Å². The quantitative estimate of drug-likeness (QED) is 0.173. The number of hydrogen-bond acceptors (Lipinski definition) is 6. The molecule has 2 aliphatic rings. The van der Waals surface area contributed by atoms with Crippen LogP contribution in [0.4, 0.5) is 6.18 Å². The van der Waals surface area contributed by atoms with Crippen molar-refractivity contribution >= 4 is 44.1 Å². The molecule has 0 fully saturated rings. The van der Waals surface area contributed by atoms with E-state index in [4.69, 9.17) is 29.9 Å². The molecule has 0 saturated heterocycles. The molecule has 0 aliphatic carbocycles. The molecule has 0 saturated carbocycles. The Morgan fingerprint density at radius 3 is 0.860 bits per heavy atom. The van der Waals surface area contributed by atoms with Crippen LogP contribution in [0.15, 0.2) is 97.1 Å². The first-order valence-electron chi connectivity index (χ1n) is 13.4. The third kappa shape index (κ3) is 4.22. The number of H-pyrrole nitrogens is 2. The van der Waals surface area contributed by atoms with Crippen LogP contribution in [0.3, 0.4) is 0 Å². The second kappa shape index (κ2) is 10.3. The van der Waals surface area contributed by atoms with Crippen LogP contribution in [0.5, 0.6) is 0 Å². The summed E-state index contributed by atoms with van der Waals surface area (Å²) < 4.78 is 19.5. The fourth-order valence-corrected chi connectivity index (χ4v) is 5.59. The van der Waals surface area contributed by atoms with Crippen molar-refractivity contribution in [2.75, 3.05) is 0 Å². The van der Waals surface area contributed by atoms with Crippen molar-refractivity contribution in [2.24, 2.45) is 0 Å². The summed E-state index contributed by atoms with van der Waals surface area (Å²) >= 11 is -2.50. The maximum Gasteiger partial charge on any atom is 0.164 e. The van der Waals surface area contributed by atoms with Crippen LogP contribution in [0.2, 0.25) is 0 Å². The van der Waals surface area contributed by atoms with Gasteiger partial charge in [0.1, 0.15) is 22.6 Å². The molecule has 3 aromatic heterocycles.